The first-order chi connectivity index (χ1) is 8.70. The summed E-state index contributed by atoms with van der Waals surface area (Å²) in [6.07, 6.45) is 1.55. The Labute approximate surface area is 114 Å². The van der Waals surface area contributed by atoms with Gasteiger partial charge in [0.15, 0.2) is 6.29 Å². The first kappa shape index (κ1) is 13.1. The Morgan fingerprint density at radius 3 is 2.94 bits per heavy atom. The third kappa shape index (κ3) is 3.09. The summed E-state index contributed by atoms with van der Waals surface area (Å²) >= 11 is 7.54. The fraction of sp³-hybridized carbons (Fsp3) is 0.231. The lowest BCUT2D eigenvalue weighted by Crippen LogP contribution is -2.01. The third-order valence-corrected chi connectivity index (χ3v) is 3.86. The van der Waals surface area contributed by atoms with Crippen LogP contribution in [0.25, 0.3) is 0 Å². The Morgan fingerprint density at radius 2 is 2.33 bits per heavy atom. The van der Waals surface area contributed by atoms with Crippen molar-refractivity contribution >= 4 is 29.2 Å². The summed E-state index contributed by atoms with van der Waals surface area (Å²) in [7, 11) is 0. The van der Waals surface area contributed by atoms with Gasteiger partial charge in [0, 0.05) is 16.9 Å². The Bertz CT molecular complexity index is 554. The lowest BCUT2D eigenvalue weighted by atomic mass is 10.2. The highest BCUT2D eigenvalue weighted by molar-refractivity contribution is 7.09. The van der Waals surface area contributed by atoms with Crippen molar-refractivity contribution in [2.45, 2.75) is 13.3 Å². The standard InChI is InChI=1S/C13H12ClNO2S/c1-9-13(18-8-15-9)4-5-17-11-3-2-10(7-16)12(14)6-11/h2-3,6-8H,4-5H2,1H3. The van der Waals surface area contributed by atoms with Crippen molar-refractivity contribution in [3.63, 3.8) is 0 Å². The number of carbonyl (C=O) groups is 1. The zero-order chi connectivity index (χ0) is 13.0. The van der Waals surface area contributed by atoms with E-state index in [9.17, 15) is 4.79 Å². The molecule has 0 aliphatic carbocycles. The number of rotatable bonds is 5. The molecule has 18 heavy (non-hydrogen) atoms. The van der Waals surface area contributed by atoms with Crippen molar-refractivity contribution in [2.24, 2.45) is 0 Å². The van der Waals surface area contributed by atoms with E-state index in [-0.39, 0.29) is 0 Å². The van der Waals surface area contributed by atoms with E-state index in [2.05, 4.69) is 4.98 Å². The monoisotopic (exact) mass is 281 g/mol. The Kier molecular flexibility index (Phi) is 4.33. The van der Waals surface area contributed by atoms with Gasteiger partial charge in [-0.2, -0.15) is 0 Å². The van der Waals surface area contributed by atoms with Crippen molar-refractivity contribution < 1.29 is 9.53 Å². The van der Waals surface area contributed by atoms with Gasteiger partial charge >= 0.3 is 0 Å². The second-order valence-electron chi connectivity index (χ2n) is 3.76. The topological polar surface area (TPSA) is 39.2 Å². The van der Waals surface area contributed by atoms with Crippen LogP contribution in [0.3, 0.4) is 0 Å². The number of ether oxygens (including phenoxy) is 1. The van der Waals surface area contributed by atoms with Gasteiger partial charge in [-0.05, 0) is 25.1 Å². The lowest BCUT2D eigenvalue weighted by molar-refractivity contribution is 0.112. The number of benzene rings is 1. The average molecular weight is 282 g/mol. The normalized spacial score (nSPS) is 10.3. The second kappa shape index (κ2) is 5.98. The van der Waals surface area contributed by atoms with E-state index in [1.54, 1.807) is 29.5 Å². The molecule has 0 bridgehead atoms. The molecule has 0 aliphatic heterocycles. The minimum Gasteiger partial charge on any atom is -0.493 e. The fourth-order valence-electron chi connectivity index (χ4n) is 1.52. The summed E-state index contributed by atoms with van der Waals surface area (Å²) < 4.78 is 5.59. The summed E-state index contributed by atoms with van der Waals surface area (Å²) in [6.45, 7) is 2.56. The molecule has 0 N–H and O–H groups in total. The van der Waals surface area contributed by atoms with Gasteiger partial charge in [-0.3, -0.25) is 4.79 Å². The molecule has 2 rings (SSSR count). The number of hydrogen-bond acceptors (Lipinski definition) is 4. The fourth-order valence-corrected chi connectivity index (χ4v) is 2.50. The van der Waals surface area contributed by atoms with Gasteiger partial charge < -0.3 is 4.74 Å². The SMILES string of the molecule is Cc1ncsc1CCOc1ccc(C=O)c(Cl)c1. The van der Waals surface area contributed by atoms with Crippen molar-refractivity contribution in [1.29, 1.82) is 0 Å². The van der Waals surface area contributed by atoms with Gasteiger partial charge in [0.2, 0.25) is 0 Å². The van der Waals surface area contributed by atoms with Crippen LogP contribution in [0.4, 0.5) is 0 Å². The molecule has 0 radical (unpaired) electrons. The van der Waals surface area contributed by atoms with E-state index >= 15 is 0 Å². The molecule has 1 aromatic heterocycles. The van der Waals surface area contributed by atoms with Crippen LogP contribution in [0.15, 0.2) is 23.7 Å². The Morgan fingerprint density at radius 1 is 1.50 bits per heavy atom. The maximum Gasteiger partial charge on any atom is 0.151 e. The molecule has 1 aromatic carbocycles. The Hall–Kier alpha value is -1.39. The molecule has 0 amide bonds. The molecule has 2 aromatic rings. The number of aryl methyl sites for hydroxylation is 1. The number of carbonyl (C=O) groups excluding carboxylic acids is 1. The highest BCUT2D eigenvalue weighted by atomic mass is 35.5. The number of aromatic nitrogens is 1. The molecule has 94 valence electrons. The first-order valence-electron chi connectivity index (χ1n) is 5.47. The number of hydrogen-bond donors (Lipinski definition) is 0. The highest BCUT2D eigenvalue weighted by Gasteiger charge is 2.04. The molecule has 0 fully saturated rings. The largest absolute Gasteiger partial charge is 0.493 e. The van der Waals surface area contributed by atoms with Gasteiger partial charge in [0.1, 0.15) is 5.75 Å². The first-order valence-corrected chi connectivity index (χ1v) is 6.73. The van der Waals surface area contributed by atoms with E-state index < -0.39 is 0 Å². The van der Waals surface area contributed by atoms with Gasteiger partial charge in [0.25, 0.3) is 0 Å². The van der Waals surface area contributed by atoms with Crippen LogP contribution in [0, 0.1) is 6.92 Å². The highest BCUT2D eigenvalue weighted by Crippen LogP contribution is 2.21. The number of thiazole rings is 1. The zero-order valence-electron chi connectivity index (χ0n) is 9.85. The van der Waals surface area contributed by atoms with Gasteiger partial charge in [-0.1, -0.05) is 11.6 Å². The lowest BCUT2D eigenvalue weighted by Gasteiger charge is -2.06. The van der Waals surface area contributed by atoms with Crippen LogP contribution in [0.1, 0.15) is 20.9 Å². The summed E-state index contributed by atoms with van der Waals surface area (Å²) in [5.41, 5.74) is 3.36. The zero-order valence-corrected chi connectivity index (χ0v) is 11.4. The molecule has 0 spiro atoms. The van der Waals surface area contributed by atoms with E-state index in [1.165, 1.54) is 4.88 Å². The van der Waals surface area contributed by atoms with E-state index in [1.807, 2.05) is 12.4 Å². The van der Waals surface area contributed by atoms with Gasteiger partial charge in [-0.15, -0.1) is 11.3 Å². The molecule has 0 saturated heterocycles. The summed E-state index contributed by atoms with van der Waals surface area (Å²) in [5.74, 6) is 0.674. The number of aldehydes is 1. The molecular weight excluding hydrogens is 270 g/mol. The average Bonchev–Trinajstić information content (AvgIpc) is 2.75. The van der Waals surface area contributed by atoms with Crippen molar-refractivity contribution in [3.8, 4) is 5.75 Å². The van der Waals surface area contributed by atoms with E-state index in [4.69, 9.17) is 16.3 Å². The second-order valence-corrected chi connectivity index (χ2v) is 5.11. The van der Waals surface area contributed by atoms with Crippen LogP contribution in [-0.2, 0) is 6.42 Å². The van der Waals surface area contributed by atoms with Crippen LogP contribution in [0.2, 0.25) is 5.02 Å². The van der Waals surface area contributed by atoms with Gasteiger partial charge in [-0.25, -0.2) is 4.98 Å². The molecule has 0 aliphatic rings. The van der Waals surface area contributed by atoms with Crippen LogP contribution in [0.5, 0.6) is 5.75 Å². The third-order valence-electron chi connectivity index (χ3n) is 2.54. The summed E-state index contributed by atoms with van der Waals surface area (Å²) in [6, 6.07) is 5.06. The molecule has 5 heteroatoms. The van der Waals surface area contributed by atoms with Crippen molar-refractivity contribution in [2.75, 3.05) is 6.61 Å². The Balaban J connectivity index is 1.93. The number of nitrogens with zero attached hydrogens (tertiary/aromatic N) is 1. The molecule has 1 heterocycles. The van der Waals surface area contributed by atoms with Crippen LogP contribution >= 0.6 is 22.9 Å². The smallest absolute Gasteiger partial charge is 0.151 e. The maximum absolute atomic E-state index is 10.6. The molecule has 0 atom stereocenters. The van der Waals surface area contributed by atoms with E-state index in [0.717, 1.165) is 18.4 Å². The summed E-state index contributed by atoms with van der Waals surface area (Å²) in [5, 5.41) is 0.413. The maximum atomic E-state index is 10.6. The predicted molar refractivity (Wildman–Crippen MR) is 72.9 cm³/mol. The number of halogens is 1. The van der Waals surface area contributed by atoms with Crippen LogP contribution < -0.4 is 4.74 Å². The predicted octanol–water partition coefficient (Wildman–Crippen LogP) is 3.54. The minimum atomic E-state index is 0.413. The molecular formula is C13H12ClNO2S. The van der Waals surface area contributed by atoms with Gasteiger partial charge in [0.05, 0.1) is 22.8 Å². The summed E-state index contributed by atoms with van der Waals surface area (Å²) in [4.78, 5) is 16.0. The minimum absolute atomic E-state index is 0.413. The quantitative estimate of drug-likeness (QED) is 0.787. The van der Waals surface area contributed by atoms with Crippen LogP contribution in [-0.4, -0.2) is 17.9 Å². The molecule has 0 saturated carbocycles. The molecule has 0 unspecified atom stereocenters. The van der Waals surface area contributed by atoms with Crippen molar-refractivity contribution in [3.05, 3.63) is 44.9 Å². The van der Waals surface area contributed by atoms with E-state index in [0.29, 0.717) is 22.9 Å². The molecule has 3 nitrogen and oxygen atoms in total. The van der Waals surface area contributed by atoms with Crippen molar-refractivity contribution in [1.82, 2.24) is 4.98 Å².